The fourth-order valence-corrected chi connectivity index (χ4v) is 5.47. The van der Waals surface area contributed by atoms with Crippen molar-refractivity contribution in [2.24, 2.45) is 5.92 Å². The molecule has 2 amide bonds. The number of nitrogens with one attached hydrogen (secondary N) is 1. The molecule has 0 bridgehead atoms. The van der Waals surface area contributed by atoms with Crippen LogP contribution in [0.1, 0.15) is 33.1 Å². The minimum atomic E-state index is -3.58. The highest BCUT2D eigenvalue weighted by Crippen LogP contribution is 2.28. The molecular weight excluding hydrogens is 442 g/mol. The van der Waals surface area contributed by atoms with E-state index in [9.17, 15) is 18.0 Å². The highest BCUT2D eigenvalue weighted by molar-refractivity contribution is 7.89. The Morgan fingerprint density at radius 3 is 2.21 bits per heavy atom. The molecule has 178 valence electrons. The number of rotatable bonds is 10. The topological polar surface area (TPSA) is 96.0 Å². The Bertz CT molecular complexity index is 1060. The summed E-state index contributed by atoms with van der Waals surface area (Å²) in [5.41, 5.74) is 1.21. The average molecular weight is 474 g/mol. The fraction of sp³-hybridized carbons (Fsp3) is 0.417. The van der Waals surface area contributed by atoms with Crippen LogP contribution in [0.4, 0.5) is 11.4 Å². The normalized spacial score (nSPS) is 16.3. The third kappa shape index (κ3) is 5.72. The Labute approximate surface area is 195 Å². The average Bonchev–Trinajstić information content (AvgIpc) is 3.21. The number of amides is 2. The van der Waals surface area contributed by atoms with Crippen molar-refractivity contribution in [1.82, 2.24) is 4.31 Å². The monoisotopic (exact) mass is 473 g/mol. The first kappa shape index (κ1) is 24.7. The highest BCUT2D eigenvalue weighted by atomic mass is 32.2. The third-order valence-electron chi connectivity index (χ3n) is 5.59. The van der Waals surface area contributed by atoms with E-state index in [1.807, 2.05) is 13.8 Å². The maximum Gasteiger partial charge on any atom is 0.243 e. The van der Waals surface area contributed by atoms with Crippen molar-refractivity contribution in [2.45, 2.75) is 38.0 Å². The minimum absolute atomic E-state index is 0.117. The number of carbonyl (C=O) groups is 2. The van der Waals surface area contributed by atoms with Gasteiger partial charge in [-0.2, -0.15) is 4.31 Å². The summed E-state index contributed by atoms with van der Waals surface area (Å²) in [6.45, 7) is 5.11. The van der Waals surface area contributed by atoms with E-state index < -0.39 is 15.9 Å². The van der Waals surface area contributed by atoms with Crippen LogP contribution in [0, 0.1) is 5.92 Å². The van der Waals surface area contributed by atoms with Crippen LogP contribution in [0.15, 0.2) is 53.4 Å². The lowest BCUT2D eigenvalue weighted by molar-refractivity contribution is -0.122. The van der Waals surface area contributed by atoms with Crippen molar-refractivity contribution in [3.63, 3.8) is 0 Å². The van der Waals surface area contributed by atoms with Gasteiger partial charge in [-0.1, -0.05) is 13.8 Å². The Balaban J connectivity index is 1.65. The molecule has 1 saturated heterocycles. The molecular formula is C24H31N3O5S. The molecule has 0 saturated carbocycles. The lowest BCUT2D eigenvalue weighted by atomic mass is 10.1. The maximum absolute atomic E-state index is 12.9. The van der Waals surface area contributed by atoms with Crippen LogP contribution in [0.5, 0.6) is 5.75 Å². The van der Waals surface area contributed by atoms with Crippen LogP contribution in [0.2, 0.25) is 0 Å². The SMILES string of the molecule is CCCN(CCC)S(=O)(=O)c1ccc(NC(=O)[C@@H]2CC(=O)N(c3ccc(OC)cc3)C2)cc1. The molecule has 0 aliphatic carbocycles. The number of carbonyl (C=O) groups excluding carboxylic acids is 2. The van der Waals surface area contributed by atoms with E-state index in [4.69, 9.17) is 4.74 Å². The van der Waals surface area contributed by atoms with Crippen molar-refractivity contribution in [3.05, 3.63) is 48.5 Å². The van der Waals surface area contributed by atoms with E-state index >= 15 is 0 Å². The van der Waals surface area contributed by atoms with Gasteiger partial charge in [-0.05, 0) is 61.4 Å². The third-order valence-corrected chi connectivity index (χ3v) is 7.50. The second-order valence-electron chi connectivity index (χ2n) is 8.02. The number of nitrogens with zero attached hydrogens (tertiary/aromatic N) is 2. The maximum atomic E-state index is 12.9. The molecule has 1 atom stereocenters. The molecule has 0 aromatic heterocycles. The fourth-order valence-electron chi connectivity index (χ4n) is 3.85. The van der Waals surface area contributed by atoms with Crippen LogP contribution in [-0.4, -0.2) is 51.3 Å². The van der Waals surface area contributed by atoms with Gasteiger partial charge in [0, 0.05) is 37.4 Å². The van der Waals surface area contributed by atoms with Gasteiger partial charge in [-0.3, -0.25) is 9.59 Å². The molecule has 3 rings (SSSR count). The molecule has 1 N–H and O–H groups in total. The van der Waals surface area contributed by atoms with Gasteiger partial charge in [0.25, 0.3) is 0 Å². The van der Waals surface area contributed by atoms with Gasteiger partial charge in [-0.25, -0.2) is 8.42 Å². The van der Waals surface area contributed by atoms with Crippen LogP contribution in [0.3, 0.4) is 0 Å². The molecule has 1 fully saturated rings. The van der Waals surface area contributed by atoms with Crippen molar-refractivity contribution in [1.29, 1.82) is 0 Å². The second kappa shape index (κ2) is 10.8. The van der Waals surface area contributed by atoms with Crippen molar-refractivity contribution in [3.8, 4) is 5.75 Å². The van der Waals surface area contributed by atoms with Gasteiger partial charge in [0.05, 0.1) is 17.9 Å². The van der Waals surface area contributed by atoms with Crippen LogP contribution in [0.25, 0.3) is 0 Å². The zero-order chi connectivity index (χ0) is 24.0. The summed E-state index contributed by atoms with van der Waals surface area (Å²) in [6.07, 6.45) is 1.59. The number of ether oxygens (including phenoxy) is 1. The van der Waals surface area contributed by atoms with E-state index in [1.165, 1.54) is 16.4 Å². The molecule has 1 aliphatic rings. The van der Waals surface area contributed by atoms with E-state index in [0.717, 1.165) is 18.5 Å². The molecule has 2 aromatic rings. The van der Waals surface area contributed by atoms with Gasteiger partial charge in [0.1, 0.15) is 5.75 Å². The summed E-state index contributed by atoms with van der Waals surface area (Å²) in [4.78, 5) is 27.0. The van der Waals surface area contributed by atoms with Crippen LogP contribution < -0.4 is 15.0 Å². The van der Waals surface area contributed by atoms with Crippen molar-refractivity contribution >= 4 is 33.2 Å². The molecule has 0 unspecified atom stereocenters. The summed E-state index contributed by atoms with van der Waals surface area (Å²) in [7, 11) is -2.00. The number of sulfonamides is 1. The summed E-state index contributed by atoms with van der Waals surface area (Å²) in [5, 5.41) is 2.81. The summed E-state index contributed by atoms with van der Waals surface area (Å²) in [5.74, 6) is -0.187. The van der Waals surface area contributed by atoms with Gasteiger partial charge < -0.3 is 15.0 Å². The Morgan fingerprint density at radius 2 is 1.67 bits per heavy atom. The highest BCUT2D eigenvalue weighted by Gasteiger charge is 2.35. The lowest BCUT2D eigenvalue weighted by Gasteiger charge is -2.21. The predicted molar refractivity (Wildman–Crippen MR) is 128 cm³/mol. The molecule has 1 heterocycles. The molecule has 9 heteroatoms. The minimum Gasteiger partial charge on any atom is -0.497 e. The Kier molecular flexibility index (Phi) is 8.10. The lowest BCUT2D eigenvalue weighted by Crippen LogP contribution is -2.32. The molecule has 8 nitrogen and oxygen atoms in total. The van der Waals surface area contributed by atoms with E-state index in [1.54, 1.807) is 48.4 Å². The molecule has 1 aliphatic heterocycles. The van der Waals surface area contributed by atoms with Crippen LogP contribution >= 0.6 is 0 Å². The first-order valence-corrected chi connectivity index (χ1v) is 12.6. The molecule has 2 aromatic carbocycles. The predicted octanol–water partition coefficient (Wildman–Crippen LogP) is 3.50. The van der Waals surface area contributed by atoms with Gasteiger partial charge in [0.15, 0.2) is 0 Å². The van der Waals surface area contributed by atoms with Crippen molar-refractivity contribution in [2.75, 3.05) is 37.0 Å². The zero-order valence-corrected chi connectivity index (χ0v) is 20.1. The zero-order valence-electron chi connectivity index (χ0n) is 19.3. The van der Waals surface area contributed by atoms with Gasteiger partial charge in [0.2, 0.25) is 21.8 Å². The van der Waals surface area contributed by atoms with Gasteiger partial charge in [-0.15, -0.1) is 0 Å². The summed E-state index contributed by atoms with van der Waals surface area (Å²) >= 11 is 0. The van der Waals surface area contributed by atoms with Gasteiger partial charge >= 0.3 is 0 Å². The first-order chi connectivity index (χ1) is 15.8. The quantitative estimate of drug-likeness (QED) is 0.570. The molecule has 33 heavy (non-hydrogen) atoms. The standard InChI is InChI=1S/C24H31N3O5S/c1-4-14-26(15-5-2)33(30,31)22-12-6-19(7-13-22)25-24(29)18-16-23(28)27(17-18)20-8-10-21(32-3)11-9-20/h6-13,18H,4-5,14-17H2,1-3H3,(H,25,29)/t18-/m1/s1. The summed E-state index contributed by atoms with van der Waals surface area (Å²) < 4.78 is 32.4. The van der Waals surface area contributed by atoms with E-state index in [0.29, 0.717) is 24.5 Å². The Morgan fingerprint density at radius 1 is 1.06 bits per heavy atom. The number of hydrogen-bond acceptors (Lipinski definition) is 5. The number of benzene rings is 2. The second-order valence-corrected chi connectivity index (χ2v) is 9.96. The summed E-state index contributed by atoms with van der Waals surface area (Å²) in [6, 6.07) is 13.3. The molecule has 0 spiro atoms. The smallest absolute Gasteiger partial charge is 0.243 e. The van der Waals surface area contributed by atoms with E-state index in [2.05, 4.69) is 5.32 Å². The number of methoxy groups -OCH3 is 1. The van der Waals surface area contributed by atoms with Crippen LogP contribution in [-0.2, 0) is 19.6 Å². The number of hydrogen-bond donors (Lipinski definition) is 1. The van der Waals surface area contributed by atoms with Crippen molar-refractivity contribution < 1.29 is 22.7 Å². The largest absolute Gasteiger partial charge is 0.497 e. The number of anilines is 2. The molecule has 0 radical (unpaired) electrons. The Hall–Kier alpha value is -2.91. The first-order valence-electron chi connectivity index (χ1n) is 11.2. The van der Waals surface area contributed by atoms with E-state index in [-0.39, 0.29) is 29.7 Å².